The monoisotopic (exact) mass is 409 g/mol. The first kappa shape index (κ1) is 18.4. The highest BCUT2D eigenvalue weighted by Gasteiger charge is 2.63. The number of rotatable bonds is 1. The summed E-state index contributed by atoms with van der Waals surface area (Å²) in [6.07, 6.45) is -1.05. The number of hydrogen-bond acceptors (Lipinski definition) is 4. The molecular formula is C22H14F3N3O2. The zero-order valence-electron chi connectivity index (χ0n) is 15.4. The molecule has 4 atom stereocenters. The van der Waals surface area contributed by atoms with Crippen molar-refractivity contribution < 1.29 is 22.8 Å². The average molecular weight is 409 g/mol. The Kier molecular flexibility index (Phi) is 3.81. The standard InChI is InChI=1S/C22H14F3N3O2/c23-22(24,25)13-5-3-6-14(10-13)28-20(29)17-16(11-26)27-9-8-12-4-1-2-7-15(12)19(27)18(17)21(28)30/h1-10,16-19H/t16-,17-,18-,19+/m0/s1. The molecule has 0 bridgehead atoms. The lowest BCUT2D eigenvalue weighted by Crippen LogP contribution is -2.40. The Bertz CT molecular complexity index is 1150. The van der Waals surface area contributed by atoms with Crippen molar-refractivity contribution >= 4 is 23.6 Å². The van der Waals surface area contributed by atoms with Crippen LogP contribution in [0.3, 0.4) is 0 Å². The molecular weight excluding hydrogens is 395 g/mol. The minimum atomic E-state index is -4.60. The van der Waals surface area contributed by atoms with E-state index in [1.807, 2.05) is 30.3 Å². The summed E-state index contributed by atoms with van der Waals surface area (Å²) in [7, 11) is 0. The molecule has 0 aliphatic carbocycles. The van der Waals surface area contributed by atoms with E-state index < -0.39 is 47.5 Å². The van der Waals surface area contributed by atoms with E-state index in [0.29, 0.717) is 0 Å². The summed E-state index contributed by atoms with van der Waals surface area (Å²) in [6, 6.07) is 12.3. The van der Waals surface area contributed by atoms with Crippen LogP contribution in [-0.4, -0.2) is 22.8 Å². The maximum absolute atomic E-state index is 13.3. The topological polar surface area (TPSA) is 64.4 Å². The molecule has 0 aromatic heterocycles. The number of carbonyl (C=O) groups is 2. The summed E-state index contributed by atoms with van der Waals surface area (Å²) >= 11 is 0. The van der Waals surface area contributed by atoms with Crippen molar-refractivity contribution in [3.8, 4) is 6.07 Å². The Hall–Kier alpha value is -3.60. The molecule has 5 nitrogen and oxygen atoms in total. The SMILES string of the molecule is N#C[C@H]1[C@@H]2C(=O)N(c3cccc(C(F)(F)F)c3)C(=O)[C@@H]2[C@H]2c3ccccc3C=CN21. The van der Waals surface area contributed by atoms with Gasteiger partial charge in [-0.05, 0) is 35.4 Å². The van der Waals surface area contributed by atoms with E-state index in [0.717, 1.165) is 28.2 Å². The van der Waals surface area contributed by atoms with Gasteiger partial charge in [0.2, 0.25) is 11.8 Å². The minimum Gasteiger partial charge on any atom is -0.353 e. The fourth-order valence-corrected chi connectivity index (χ4v) is 4.78. The molecule has 2 aromatic carbocycles. The molecule has 3 aliphatic heterocycles. The number of nitrogens with zero attached hydrogens (tertiary/aromatic N) is 3. The smallest absolute Gasteiger partial charge is 0.353 e. The molecule has 3 aliphatic rings. The Balaban J connectivity index is 1.61. The van der Waals surface area contributed by atoms with Crippen LogP contribution >= 0.6 is 0 Å². The maximum Gasteiger partial charge on any atom is 0.416 e. The van der Waals surface area contributed by atoms with Gasteiger partial charge in [0.1, 0.15) is 6.04 Å². The van der Waals surface area contributed by atoms with E-state index in [4.69, 9.17) is 0 Å². The Labute approximate surface area is 169 Å². The molecule has 0 saturated carbocycles. The summed E-state index contributed by atoms with van der Waals surface area (Å²) < 4.78 is 39.4. The number of nitriles is 1. The third kappa shape index (κ3) is 2.41. The zero-order valence-corrected chi connectivity index (χ0v) is 15.4. The van der Waals surface area contributed by atoms with E-state index in [2.05, 4.69) is 6.07 Å². The quantitative estimate of drug-likeness (QED) is 0.673. The van der Waals surface area contributed by atoms with Crippen LogP contribution in [-0.2, 0) is 15.8 Å². The molecule has 2 fully saturated rings. The first-order valence-electron chi connectivity index (χ1n) is 9.32. The predicted octanol–water partition coefficient (Wildman–Crippen LogP) is 3.74. The lowest BCUT2D eigenvalue weighted by Gasteiger charge is -2.33. The molecule has 5 rings (SSSR count). The molecule has 0 N–H and O–H groups in total. The van der Waals surface area contributed by atoms with Gasteiger partial charge in [0, 0.05) is 6.20 Å². The van der Waals surface area contributed by atoms with Crippen LogP contribution in [0.5, 0.6) is 0 Å². The van der Waals surface area contributed by atoms with Gasteiger partial charge in [0.25, 0.3) is 0 Å². The normalized spacial score (nSPS) is 27.0. The van der Waals surface area contributed by atoms with Crippen molar-refractivity contribution in [1.29, 1.82) is 5.26 Å². The number of anilines is 1. The highest BCUT2D eigenvalue weighted by atomic mass is 19.4. The Morgan fingerprint density at radius 3 is 2.43 bits per heavy atom. The van der Waals surface area contributed by atoms with E-state index in [1.165, 1.54) is 12.1 Å². The van der Waals surface area contributed by atoms with Gasteiger partial charge in [0.05, 0.1) is 35.2 Å². The number of hydrogen-bond donors (Lipinski definition) is 0. The molecule has 3 heterocycles. The van der Waals surface area contributed by atoms with Gasteiger partial charge < -0.3 is 4.90 Å². The molecule has 2 saturated heterocycles. The maximum atomic E-state index is 13.3. The van der Waals surface area contributed by atoms with E-state index in [1.54, 1.807) is 11.1 Å². The average Bonchev–Trinajstić information content (AvgIpc) is 3.20. The number of benzene rings is 2. The summed E-state index contributed by atoms with van der Waals surface area (Å²) in [5.41, 5.74) is 0.632. The van der Waals surface area contributed by atoms with Gasteiger partial charge >= 0.3 is 6.18 Å². The second-order valence-electron chi connectivity index (χ2n) is 7.52. The lowest BCUT2D eigenvalue weighted by atomic mass is 9.85. The number of fused-ring (bicyclic) bond motifs is 5. The fourth-order valence-electron chi connectivity index (χ4n) is 4.78. The van der Waals surface area contributed by atoms with Crippen molar-refractivity contribution in [1.82, 2.24) is 4.90 Å². The number of amides is 2. The molecule has 0 radical (unpaired) electrons. The van der Waals surface area contributed by atoms with Crippen LogP contribution < -0.4 is 4.90 Å². The molecule has 2 aromatic rings. The summed E-state index contributed by atoms with van der Waals surface area (Å²) in [5, 5.41) is 9.76. The lowest BCUT2D eigenvalue weighted by molar-refractivity contribution is -0.137. The second kappa shape index (κ2) is 6.20. The fraction of sp³-hybridized carbons (Fsp3) is 0.227. The van der Waals surface area contributed by atoms with E-state index in [-0.39, 0.29) is 5.69 Å². The Morgan fingerprint density at radius 1 is 0.967 bits per heavy atom. The minimum absolute atomic E-state index is 0.128. The van der Waals surface area contributed by atoms with Crippen molar-refractivity contribution in [2.24, 2.45) is 11.8 Å². The van der Waals surface area contributed by atoms with Crippen molar-refractivity contribution in [3.05, 3.63) is 71.4 Å². The molecule has 30 heavy (non-hydrogen) atoms. The van der Waals surface area contributed by atoms with Crippen LogP contribution in [0.4, 0.5) is 18.9 Å². The van der Waals surface area contributed by atoms with E-state index >= 15 is 0 Å². The predicted molar refractivity (Wildman–Crippen MR) is 100 cm³/mol. The molecule has 0 unspecified atom stereocenters. The second-order valence-corrected chi connectivity index (χ2v) is 7.52. The molecule has 2 amide bonds. The summed E-state index contributed by atoms with van der Waals surface area (Å²) in [4.78, 5) is 29.1. The first-order chi connectivity index (χ1) is 14.3. The summed E-state index contributed by atoms with van der Waals surface area (Å²) in [5.74, 6) is -3.01. The van der Waals surface area contributed by atoms with Crippen molar-refractivity contribution in [3.63, 3.8) is 0 Å². The number of carbonyl (C=O) groups excluding carboxylic acids is 2. The highest BCUT2D eigenvalue weighted by Crippen LogP contribution is 2.53. The molecule has 0 spiro atoms. The van der Waals surface area contributed by atoms with Crippen LogP contribution in [0.1, 0.15) is 22.7 Å². The summed E-state index contributed by atoms with van der Waals surface area (Å²) in [6.45, 7) is 0. The number of halogens is 3. The van der Waals surface area contributed by atoms with Gasteiger partial charge in [0.15, 0.2) is 0 Å². The van der Waals surface area contributed by atoms with Gasteiger partial charge in [-0.25, -0.2) is 4.90 Å². The van der Waals surface area contributed by atoms with Crippen LogP contribution in [0, 0.1) is 23.2 Å². The Morgan fingerprint density at radius 2 is 1.70 bits per heavy atom. The van der Waals surface area contributed by atoms with Gasteiger partial charge in [-0.3, -0.25) is 9.59 Å². The first-order valence-corrected chi connectivity index (χ1v) is 9.32. The third-order valence-corrected chi connectivity index (χ3v) is 6.03. The van der Waals surface area contributed by atoms with E-state index in [9.17, 15) is 28.0 Å². The number of alkyl halides is 3. The van der Waals surface area contributed by atoms with Gasteiger partial charge in [-0.1, -0.05) is 30.3 Å². The number of imide groups is 1. The van der Waals surface area contributed by atoms with Crippen molar-refractivity contribution in [2.45, 2.75) is 18.3 Å². The van der Waals surface area contributed by atoms with Gasteiger partial charge in [-0.15, -0.1) is 0 Å². The molecule has 8 heteroatoms. The molecule has 150 valence electrons. The van der Waals surface area contributed by atoms with Crippen LogP contribution in [0.25, 0.3) is 6.08 Å². The largest absolute Gasteiger partial charge is 0.416 e. The van der Waals surface area contributed by atoms with Gasteiger partial charge in [-0.2, -0.15) is 18.4 Å². The zero-order chi connectivity index (χ0) is 21.2. The van der Waals surface area contributed by atoms with Crippen LogP contribution in [0.15, 0.2) is 54.7 Å². The highest BCUT2D eigenvalue weighted by molar-refractivity contribution is 6.23. The van der Waals surface area contributed by atoms with Crippen LogP contribution in [0.2, 0.25) is 0 Å². The van der Waals surface area contributed by atoms with Crippen molar-refractivity contribution in [2.75, 3.05) is 4.90 Å². The third-order valence-electron chi connectivity index (χ3n) is 6.03.